The molecule has 0 saturated carbocycles. The zero-order valence-electron chi connectivity index (χ0n) is 10.5. The summed E-state index contributed by atoms with van der Waals surface area (Å²) in [5, 5.41) is 3.83. The monoisotopic (exact) mass is 321 g/mol. The van der Waals surface area contributed by atoms with Gasteiger partial charge in [-0.2, -0.15) is 0 Å². The minimum atomic E-state index is -3.74. The highest BCUT2D eigenvalue weighted by atomic mass is 35.5. The van der Waals surface area contributed by atoms with E-state index in [4.69, 9.17) is 16.1 Å². The Morgan fingerprint density at radius 1 is 1.42 bits per heavy atom. The minimum absolute atomic E-state index is 0.0196. The molecule has 0 aliphatic carbocycles. The number of sulfonamides is 1. The highest BCUT2D eigenvalue weighted by molar-refractivity contribution is 7.94. The van der Waals surface area contributed by atoms with E-state index < -0.39 is 10.0 Å². The smallest absolute Gasteiger partial charge is 0.275 e. The molecule has 0 saturated heterocycles. The second-order valence-electron chi connectivity index (χ2n) is 4.86. The van der Waals surface area contributed by atoms with Crippen LogP contribution in [0.3, 0.4) is 0 Å². The maximum absolute atomic E-state index is 12.0. The van der Waals surface area contributed by atoms with Gasteiger partial charge in [0.25, 0.3) is 10.0 Å². The summed E-state index contributed by atoms with van der Waals surface area (Å²) in [6.45, 7) is 5.85. The average Bonchev–Trinajstić information content (AvgIpc) is 2.85. The fourth-order valence-corrected chi connectivity index (χ4v) is 3.49. The number of anilines is 1. The first kappa shape index (κ1) is 14.3. The largest absolute Gasteiger partial charge is 0.338 e. The van der Waals surface area contributed by atoms with Crippen molar-refractivity contribution in [3.05, 3.63) is 22.4 Å². The first-order chi connectivity index (χ1) is 8.68. The molecule has 0 unspecified atom stereocenters. The van der Waals surface area contributed by atoms with Crippen LogP contribution in [0.5, 0.6) is 0 Å². The normalized spacial score (nSPS) is 12.6. The number of hydrogen-bond acceptors (Lipinski definition) is 6. The van der Waals surface area contributed by atoms with Gasteiger partial charge >= 0.3 is 0 Å². The zero-order chi connectivity index (χ0) is 14.3. The number of halogens is 1. The van der Waals surface area contributed by atoms with Crippen molar-refractivity contribution in [2.75, 3.05) is 4.72 Å². The van der Waals surface area contributed by atoms with Gasteiger partial charge in [-0.1, -0.05) is 48.9 Å². The van der Waals surface area contributed by atoms with Crippen LogP contribution in [-0.4, -0.2) is 18.6 Å². The summed E-state index contributed by atoms with van der Waals surface area (Å²) < 4.78 is 31.4. The lowest BCUT2D eigenvalue weighted by atomic mass is 9.92. The quantitative estimate of drug-likeness (QED) is 0.939. The van der Waals surface area contributed by atoms with Crippen molar-refractivity contribution >= 4 is 38.8 Å². The molecule has 0 aliphatic heterocycles. The van der Waals surface area contributed by atoms with E-state index in [9.17, 15) is 8.42 Å². The third-order valence-electron chi connectivity index (χ3n) is 2.23. The van der Waals surface area contributed by atoms with Gasteiger partial charge in [0.1, 0.15) is 0 Å². The van der Waals surface area contributed by atoms with Crippen LogP contribution in [0, 0.1) is 0 Å². The molecule has 0 amide bonds. The van der Waals surface area contributed by atoms with Crippen LogP contribution in [0.15, 0.2) is 21.0 Å². The van der Waals surface area contributed by atoms with E-state index in [-0.39, 0.29) is 20.0 Å². The van der Waals surface area contributed by atoms with Crippen molar-refractivity contribution in [2.24, 2.45) is 0 Å². The van der Waals surface area contributed by atoms with Crippen molar-refractivity contribution in [3.8, 4) is 0 Å². The number of aromatic nitrogens is 2. The van der Waals surface area contributed by atoms with E-state index in [2.05, 4.69) is 14.9 Å². The van der Waals surface area contributed by atoms with Gasteiger partial charge in [0.05, 0.1) is 11.9 Å². The van der Waals surface area contributed by atoms with Gasteiger partial charge in [-0.3, -0.25) is 0 Å². The molecule has 0 bridgehead atoms. The van der Waals surface area contributed by atoms with Crippen LogP contribution in [0.1, 0.15) is 26.5 Å². The van der Waals surface area contributed by atoms with Crippen LogP contribution in [-0.2, 0) is 15.4 Å². The second kappa shape index (κ2) is 4.77. The van der Waals surface area contributed by atoms with Gasteiger partial charge in [0.15, 0.2) is 8.68 Å². The summed E-state index contributed by atoms with van der Waals surface area (Å²) in [5.41, 5.74) is 0.439. The third kappa shape index (κ3) is 3.26. The Morgan fingerprint density at radius 2 is 2.11 bits per heavy atom. The summed E-state index contributed by atoms with van der Waals surface area (Å²) in [6.07, 6.45) is 1.19. The highest BCUT2D eigenvalue weighted by Gasteiger charge is 2.23. The highest BCUT2D eigenvalue weighted by Crippen LogP contribution is 2.27. The van der Waals surface area contributed by atoms with Crippen LogP contribution < -0.4 is 4.72 Å². The molecule has 19 heavy (non-hydrogen) atoms. The lowest BCUT2D eigenvalue weighted by Crippen LogP contribution is -2.12. The fraction of sp³-hybridized carbons (Fsp3) is 0.400. The number of hydrogen-bond donors (Lipinski definition) is 1. The Bertz CT molecular complexity index is 685. The van der Waals surface area contributed by atoms with E-state index in [1.54, 1.807) is 6.07 Å². The van der Waals surface area contributed by atoms with Crippen molar-refractivity contribution in [3.63, 3.8) is 0 Å². The molecule has 6 nitrogen and oxygen atoms in total. The Morgan fingerprint density at radius 3 is 2.58 bits per heavy atom. The number of thiazole rings is 1. The third-order valence-corrected chi connectivity index (χ3v) is 5.16. The van der Waals surface area contributed by atoms with Crippen molar-refractivity contribution in [1.29, 1.82) is 0 Å². The standard InChI is InChI=1S/C10H12ClN3O3S2/c1-10(2,3)6-4-7(17-13-6)14-19(15,16)8-5-12-9(11)18-8/h4-5,14H,1-3H3. The molecule has 2 aromatic rings. The summed E-state index contributed by atoms with van der Waals surface area (Å²) in [5.74, 6) is 0.0643. The molecule has 0 radical (unpaired) electrons. The Hall–Kier alpha value is -1.12. The van der Waals surface area contributed by atoms with E-state index in [1.165, 1.54) is 6.20 Å². The van der Waals surface area contributed by atoms with E-state index in [0.717, 1.165) is 11.3 Å². The van der Waals surface area contributed by atoms with Gasteiger partial charge in [0, 0.05) is 11.5 Å². The van der Waals surface area contributed by atoms with E-state index >= 15 is 0 Å². The zero-order valence-corrected chi connectivity index (χ0v) is 12.9. The maximum Gasteiger partial charge on any atom is 0.275 e. The summed E-state index contributed by atoms with van der Waals surface area (Å²) in [4.78, 5) is 3.69. The topological polar surface area (TPSA) is 85.1 Å². The average molecular weight is 322 g/mol. The molecule has 1 N–H and O–H groups in total. The Labute approximate surface area is 119 Å². The molecule has 0 atom stereocenters. The number of rotatable bonds is 3. The molecule has 0 aliphatic rings. The van der Waals surface area contributed by atoms with Crippen molar-refractivity contribution < 1.29 is 12.9 Å². The Balaban J connectivity index is 2.24. The van der Waals surface area contributed by atoms with Gasteiger partial charge < -0.3 is 4.52 Å². The van der Waals surface area contributed by atoms with Crippen LogP contribution in [0.25, 0.3) is 0 Å². The first-order valence-electron chi connectivity index (χ1n) is 5.30. The molecule has 0 aromatic carbocycles. The van der Waals surface area contributed by atoms with Gasteiger partial charge in [-0.15, -0.1) is 0 Å². The molecular formula is C10H12ClN3O3S2. The molecular weight excluding hydrogens is 310 g/mol. The van der Waals surface area contributed by atoms with E-state index in [1.807, 2.05) is 20.8 Å². The summed E-state index contributed by atoms with van der Waals surface area (Å²) in [6, 6.07) is 1.56. The van der Waals surface area contributed by atoms with Gasteiger partial charge in [-0.05, 0) is 0 Å². The molecule has 2 aromatic heterocycles. The SMILES string of the molecule is CC(C)(C)c1cc(NS(=O)(=O)c2cnc(Cl)s2)on1. The lowest BCUT2D eigenvalue weighted by Gasteiger charge is -2.12. The Kier molecular flexibility index (Phi) is 3.59. The molecule has 0 fully saturated rings. The minimum Gasteiger partial charge on any atom is -0.338 e. The summed E-state index contributed by atoms with van der Waals surface area (Å²) >= 11 is 6.48. The van der Waals surface area contributed by atoms with Gasteiger partial charge in [0.2, 0.25) is 5.88 Å². The van der Waals surface area contributed by atoms with Crippen LogP contribution >= 0.6 is 22.9 Å². The van der Waals surface area contributed by atoms with Gasteiger partial charge in [-0.25, -0.2) is 18.1 Å². The molecule has 104 valence electrons. The number of nitrogens with one attached hydrogen (secondary N) is 1. The molecule has 2 rings (SSSR count). The summed E-state index contributed by atoms with van der Waals surface area (Å²) in [7, 11) is -3.74. The lowest BCUT2D eigenvalue weighted by molar-refractivity contribution is 0.405. The first-order valence-corrected chi connectivity index (χ1v) is 7.97. The predicted molar refractivity (Wildman–Crippen MR) is 73.1 cm³/mol. The molecule has 9 heteroatoms. The van der Waals surface area contributed by atoms with E-state index in [0.29, 0.717) is 5.69 Å². The molecule has 2 heterocycles. The predicted octanol–water partition coefficient (Wildman–Crippen LogP) is 2.88. The van der Waals surface area contributed by atoms with Crippen molar-refractivity contribution in [1.82, 2.24) is 10.1 Å². The fourth-order valence-electron chi connectivity index (χ4n) is 1.22. The van der Waals surface area contributed by atoms with Crippen LogP contribution in [0.4, 0.5) is 5.88 Å². The second-order valence-corrected chi connectivity index (χ2v) is 8.39. The number of nitrogens with zero attached hydrogens (tertiary/aromatic N) is 2. The maximum atomic E-state index is 12.0. The molecule has 0 spiro atoms. The van der Waals surface area contributed by atoms with Crippen molar-refractivity contribution in [2.45, 2.75) is 30.4 Å². The van der Waals surface area contributed by atoms with Crippen LogP contribution in [0.2, 0.25) is 4.47 Å².